The van der Waals surface area contributed by atoms with E-state index in [4.69, 9.17) is 0 Å². The molecule has 1 aliphatic heterocycles. The van der Waals surface area contributed by atoms with Crippen LogP contribution in [0.5, 0.6) is 5.75 Å². The first-order valence-electron chi connectivity index (χ1n) is 6.21. The number of rotatable bonds is 2. The van der Waals surface area contributed by atoms with Gasteiger partial charge in [0.25, 0.3) is 0 Å². The fourth-order valence-corrected chi connectivity index (χ4v) is 3.44. The maximum absolute atomic E-state index is 13.8. The molecule has 0 amide bonds. The smallest absolute Gasteiger partial charge is 0.137 e. The fourth-order valence-electron chi connectivity index (χ4n) is 2.30. The molecular weight excluding hydrogens is 261 g/mol. The molecular formula is C15H14FNOS. The Labute approximate surface area is 115 Å². The number of phenols is 1. The third-order valence-electron chi connectivity index (χ3n) is 3.23. The monoisotopic (exact) mass is 275 g/mol. The van der Waals surface area contributed by atoms with E-state index in [9.17, 15) is 9.50 Å². The first-order valence-corrected chi connectivity index (χ1v) is 7.19. The third kappa shape index (κ3) is 2.54. The predicted octanol–water partition coefficient (Wildman–Crippen LogP) is 4.18. The van der Waals surface area contributed by atoms with Crippen molar-refractivity contribution in [1.29, 1.82) is 0 Å². The summed E-state index contributed by atoms with van der Waals surface area (Å²) in [5, 5.41) is 12.7. The SMILES string of the molecule is Oc1ccc(NC2CCSc3c(F)cccc32)cc1. The lowest BCUT2D eigenvalue weighted by atomic mass is 10.0. The van der Waals surface area contributed by atoms with Crippen LogP contribution in [-0.2, 0) is 0 Å². The number of aromatic hydroxyl groups is 1. The Kier molecular flexibility index (Phi) is 3.34. The molecule has 1 aliphatic rings. The van der Waals surface area contributed by atoms with Gasteiger partial charge in [-0.25, -0.2) is 4.39 Å². The summed E-state index contributed by atoms with van der Waals surface area (Å²) in [7, 11) is 0. The molecule has 2 aromatic carbocycles. The minimum absolute atomic E-state index is 0.122. The summed E-state index contributed by atoms with van der Waals surface area (Å²) in [4.78, 5) is 0.755. The van der Waals surface area contributed by atoms with Crippen LogP contribution >= 0.6 is 11.8 Å². The normalized spacial score (nSPS) is 17.8. The molecule has 1 heterocycles. The van der Waals surface area contributed by atoms with Gasteiger partial charge in [-0.1, -0.05) is 12.1 Å². The van der Waals surface area contributed by atoms with Crippen LogP contribution in [0.4, 0.5) is 10.1 Å². The molecule has 19 heavy (non-hydrogen) atoms. The van der Waals surface area contributed by atoms with E-state index >= 15 is 0 Å². The van der Waals surface area contributed by atoms with E-state index in [0.29, 0.717) is 0 Å². The van der Waals surface area contributed by atoms with Gasteiger partial charge in [0.15, 0.2) is 0 Å². The molecule has 0 fully saturated rings. The highest BCUT2D eigenvalue weighted by Crippen LogP contribution is 2.39. The number of hydrogen-bond donors (Lipinski definition) is 2. The first kappa shape index (κ1) is 12.4. The average Bonchev–Trinajstić information content (AvgIpc) is 2.43. The zero-order valence-corrected chi connectivity index (χ0v) is 11.1. The lowest BCUT2D eigenvalue weighted by Crippen LogP contribution is -2.16. The Hall–Kier alpha value is -1.68. The topological polar surface area (TPSA) is 32.3 Å². The molecule has 0 bridgehead atoms. The van der Waals surface area contributed by atoms with Crippen molar-refractivity contribution in [2.24, 2.45) is 0 Å². The highest BCUT2D eigenvalue weighted by atomic mass is 32.2. The number of phenolic OH excluding ortho intramolecular Hbond substituents is 1. The highest BCUT2D eigenvalue weighted by molar-refractivity contribution is 7.99. The van der Waals surface area contributed by atoms with Crippen molar-refractivity contribution < 1.29 is 9.50 Å². The van der Waals surface area contributed by atoms with Gasteiger partial charge < -0.3 is 10.4 Å². The van der Waals surface area contributed by atoms with Crippen molar-refractivity contribution in [2.45, 2.75) is 17.4 Å². The molecule has 98 valence electrons. The quantitative estimate of drug-likeness (QED) is 0.806. The van der Waals surface area contributed by atoms with Gasteiger partial charge in [-0.15, -0.1) is 11.8 Å². The number of hydrogen-bond acceptors (Lipinski definition) is 3. The zero-order valence-electron chi connectivity index (χ0n) is 10.3. The van der Waals surface area contributed by atoms with Gasteiger partial charge in [0.05, 0.1) is 6.04 Å². The minimum atomic E-state index is -0.139. The van der Waals surface area contributed by atoms with Gasteiger partial charge in [0, 0.05) is 16.3 Å². The Morgan fingerprint density at radius 1 is 1.16 bits per heavy atom. The van der Waals surface area contributed by atoms with E-state index in [0.717, 1.165) is 28.3 Å². The van der Waals surface area contributed by atoms with Crippen molar-refractivity contribution in [3.05, 3.63) is 53.8 Å². The summed E-state index contributed by atoms with van der Waals surface area (Å²) < 4.78 is 13.8. The fraction of sp³-hybridized carbons (Fsp3) is 0.200. The third-order valence-corrected chi connectivity index (χ3v) is 4.39. The molecule has 4 heteroatoms. The summed E-state index contributed by atoms with van der Waals surface area (Å²) in [6.07, 6.45) is 0.960. The summed E-state index contributed by atoms with van der Waals surface area (Å²) in [5.41, 5.74) is 1.95. The molecule has 2 aromatic rings. The van der Waals surface area contributed by atoms with E-state index in [1.165, 1.54) is 6.07 Å². The molecule has 0 aromatic heterocycles. The van der Waals surface area contributed by atoms with Gasteiger partial charge in [-0.2, -0.15) is 0 Å². The second kappa shape index (κ2) is 5.13. The maximum Gasteiger partial charge on any atom is 0.137 e. The summed E-state index contributed by atoms with van der Waals surface area (Å²) in [6.45, 7) is 0. The van der Waals surface area contributed by atoms with Crippen LogP contribution in [0.2, 0.25) is 0 Å². The minimum Gasteiger partial charge on any atom is -0.508 e. The number of thioether (sulfide) groups is 1. The summed E-state index contributed by atoms with van der Waals surface area (Å²) in [5.74, 6) is 1.01. The maximum atomic E-state index is 13.8. The van der Waals surface area contributed by atoms with Crippen molar-refractivity contribution in [2.75, 3.05) is 11.1 Å². The molecule has 2 N–H and O–H groups in total. The van der Waals surface area contributed by atoms with Gasteiger partial charge in [-0.3, -0.25) is 0 Å². The zero-order chi connectivity index (χ0) is 13.2. The van der Waals surface area contributed by atoms with Crippen molar-refractivity contribution in [3.8, 4) is 5.75 Å². The van der Waals surface area contributed by atoms with Crippen LogP contribution < -0.4 is 5.32 Å². The van der Waals surface area contributed by atoms with Gasteiger partial charge in [0.2, 0.25) is 0 Å². The standard InChI is InChI=1S/C15H14FNOS/c16-13-3-1-2-12-14(8-9-19-15(12)13)17-10-4-6-11(18)7-5-10/h1-7,14,17-18H,8-9H2. The Bertz CT molecular complexity index is 585. The summed E-state index contributed by atoms with van der Waals surface area (Å²) in [6, 6.07) is 12.3. The van der Waals surface area contributed by atoms with E-state index in [1.807, 2.05) is 18.2 Å². The second-order valence-electron chi connectivity index (χ2n) is 4.54. The molecule has 0 aliphatic carbocycles. The van der Waals surface area contributed by atoms with E-state index in [-0.39, 0.29) is 17.6 Å². The Balaban J connectivity index is 1.88. The van der Waals surface area contributed by atoms with Gasteiger partial charge in [0.1, 0.15) is 11.6 Å². The van der Waals surface area contributed by atoms with E-state index < -0.39 is 0 Å². The van der Waals surface area contributed by atoms with E-state index in [2.05, 4.69) is 5.32 Å². The largest absolute Gasteiger partial charge is 0.508 e. The Morgan fingerprint density at radius 3 is 2.74 bits per heavy atom. The van der Waals surface area contributed by atoms with Crippen LogP contribution in [-0.4, -0.2) is 10.9 Å². The van der Waals surface area contributed by atoms with Crippen LogP contribution in [0.1, 0.15) is 18.0 Å². The average molecular weight is 275 g/mol. The van der Waals surface area contributed by atoms with E-state index in [1.54, 1.807) is 30.0 Å². The first-order chi connectivity index (χ1) is 9.24. The van der Waals surface area contributed by atoms with Gasteiger partial charge >= 0.3 is 0 Å². The van der Waals surface area contributed by atoms with Crippen molar-refractivity contribution in [1.82, 2.24) is 0 Å². The van der Waals surface area contributed by atoms with Crippen molar-refractivity contribution >= 4 is 17.4 Å². The second-order valence-corrected chi connectivity index (χ2v) is 5.64. The number of benzene rings is 2. The van der Waals surface area contributed by atoms with Crippen LogP contribution in [0.3, 0.4) is 0 Å². The number of fused-ring (bicyclic) bond motifs is 1. The Morgan fingerprint density at radius 2 is 1.95 bits per heavy atom. The van der Waals surface area contributed by atoms with Crippen molar-refractivity contribution in [3.63, 3.8) is 0 Å². The van der Waals surface area contributed by atoms with Crippen LogP contribution in [0.25, 0.3) is 0 Å². The molecule has 1 unspecified atom stereocenters. The molecule has 0 spiro atoms. The molecule has 0 saturated carbocycles. The predicted molar refractivity (Wildman–Crippen MR) is 76.2 cm³/mol. The van der Waals surface area contributed by atoms with Crippen LogP contribution in [0, 0.1) is 5.82 Å². The molecule has 0 radical (unpaired) electrons. The van der Waals surface area contributed by atoms with Gasteiger partial charge in [-0.05, 0) is 42.3 Å². The highest BCUT2D eigenvalue weighted by Gasteiger charge is 2.22. The number of halogens is 1. The van der Waals surface area contributed by atoms with Crippen LogP contribution in [0.15, 0.2) is 47.4 Å². The lowest BCUT2D eigenvalue weighted by Gasteiger charge is -2.27. The lowest BCUT2D eigenvalue weighted by molar-refractivity contribution is 0.475. The molecule has 2 nitrogen and oxygen atoms in total. The number of anilines is 1. The molecule has 0 saturated heterocycles. The number of nitrogens with one attached hydrogen (secondary N) is 1. The molecule has 1 atom stereocenters. The summed E-state index contributed by atoms with van der Waals surface area (Å²) >= 11 is 1.58. The molecule has 3 rings (SSSR count).